The summed E-state index contributed by atoms with van der Waals surface area (Å²) in [4.78, 5) is 26.3. The number of benzene rings is 1. The lowest BCUT2D eigenvalue weighted by atomic mass is 9.92. The van der Waals surface area contributed by atoms with Crippen molar-refractivity contribution in [1.82, 2.24) is 15.5 Å². The van der Waals surface area contributed by atoms with E-state index in [0.29, 0.717) is 18.0 Å². The SMILES string of the molecule is COc1cc2c(cc1OC)[C@H](CNC(=O)CNC(=O)[C@@H](N)C(C)C)N(C)CC2. The van der Waals surface area contributed by atoms with Crippen LogP contribution in [0.15, 0.2) is 12.1 Å². The molecule has 1 aliphatic heterocycles. The molecule has 0 unspecified atom stereocenters. The van der Waals surface area contributed by atoms with Gasteiger partial charge < -0.3 is 25.8 Å². The predicted molar refractivity (Wildman–Crippen MR) is 107 cm³/mol. The van der Waals surface area contributed by atoms with Gasteiger partial charge in [-0.2, -0.15) is 0 Å². The summed E-state index contributed by atoms with van der Waals surface area (Å²) in [7, 11) is 5.26. The monoisotopic (exact) mass is 392 g/mol. The highest BCUT2D eigenvalue weighted by Gasteiger charge is 2.27. The van der Waals surface area contributed by atoms with Crippen molar-refractivity contribution in [2.24, 2.45) is 11.7 Å². The topological polar surface area (TPSA) is 106 Å². The number of hydrogen-bond donors (Lipinski definition) is 3. The minimum Gasteiger partial charge on any atom is -0.493 e. The molecule has 0 spiro atoms. The molecule has 2 rings (SSSR count). The van der Waals surface area contributed by atoms with E-state index < -0.39 is 6.04 Å². The predicted octanol–water partition coefficient (Wildman–Crippen LogP) is 0.449. The number of ether oxygens (including phenoxy) is 2. The third kappa shape index (κ3) is 5.14. The maximum Gasteiger partial charge on any atom is 0.239 e. The van der Waals surface area contributed by atoms with Gasteiger partial charge in [0, 0.05) is 13.1 Å². The zero-order valence-electron chi connectivity index (χ0n) is 17.4. The number of likely N-dealkylation sites (N-methyl/N-ethyl adjacent to an activating group) is 1. The van der Waals surface area contributed by atoms with Gasteiger partial charge in [0.1, 0.15) is 0 Å². The highest BCUT2D eigenvalue weighted by molar-refractivity contribution is 5.87. The van der Waals surface area contributed by atoms with Crippen LogP contribution in [0, 0.1) is 5.92 Å². The molecule has 0 fully saturated rings. The summed E-state index contributed by atoms with van der Waals surface area (Å²) in [6.45, 7) is 4.95. The van der Waals surface area contributed by atoms with E-state index >= 15 is 0 Å². The van der Waals surface area contributed by atoms with Gasteiger partial charge >= 0.3 is 0 Å². The molecule has 0 aliphatic carbocycles. The van der Waals surface area contributed by atoms with Crippen LogP contribution in [0.25, 0.3) is 0 Å². The van der Waals surface area contributed by atoms with Gasteiger partial charge in [-0.15, -0.1) is 0 Å². The lowest BCUT2D eigenvalue weighted by molar-refractivity contribution is -0.127. The van der Waals surface area contributed by atoms with Crippen molar-refractivity contribution in [3.8, 4) is 11.5 Å². The summed E-state index contributed by atoms with van der Waals surface area (Å²) in [6, 6.07) is 3.38. The van der Waals surface area contributed by atoms with Crippen molar-refractivity contribution < 1.29 is 19.1 Å². The van der Waals surface area contributed by atoms with Crippen LogP contribution in [0.4, 0.5) is 0 Å². The molecule has 2 atom stereocenters. The third-order valence-corrected chi connectivity index (χ3v) is 5.21. The molecule has 0 bridgehead atoms. The molecule has 28 heavy (non-hydrogen) atoms. The van der Waals surface area contributed by atoms with Crippen molar-refractivity contribution in [2.75, 3.05) is 40.9 Å². The van der Waals surface area contributed by atoms with E-state index in [0.717, 1.165) is 18.5 Å². The van der Waals surface area contributed by atoms with Gasteiger partial charge in [-0.25, -0.2) is 0 Å². The molecule has 1 heterocycles. The van der Waals surface area contributed by atoms with E-state index in [1.807, 2.05) is 33.0 Å². The van der Waals surface area contributed by atoms with Crippen molar-refractivity contribution in [2.45, 2.75) is 32.4 Å². The first-order valence-electron chi connectivity index (χ1n) is 9.53. The number of rotatable bonds is 8. The van der Waals surface area contributed by atoms with E-state index in [1.165, 1.54) is 5.56 Å². The molecule has 2 amide bonds. The number of nitrogens with zero attached hydrogens (tertiary/aromatic N) is 1. The molecule has 8 heteroatoms. The molecule has 0 aromatic heterocycles. The molecule has 4 N–H and O–H groups in total. The van der Waals surface area contributed by atoms with Crippen LogP contribution in [-0.2, 0) is 16.0 Å². The third-order valence-electron chi connectivity index (χ3n) is 5.21. The van der Waals surface area contributed by atoms with Crippen molar-refractivity contribution in [3.05, 3.63) is 23.3 Å². The number of amides is 2. The molecule has 1 aliphatic rings. The van der Waals surface area contributed by atoms with Crippen LogP contribution >= 0.6 is 0 Å². The molecular weight excluding hydrogens is 360 g/mol. The Kier molecular flexibility index (Phi) is 7.65. The maximum atomic E-state index is 12.2. The fraction of sp³-hybridized carbons (Fsp3) is 0.600. The van der Waals surface area contributed by atoms with E-state index in [2.05, 4.69) is 15.5 Å². The summed E-state index contributed by atoms with van der Waals surface area (Å²) < 4.78 is 10.8. The number of nitrogens with two attached hydrogens (primary N) is 1. The van der Waals surface area contributed by atoms with Crippen molar-refractivity contribution in [1.29, 1.82) is 0 Å². The summed E-state index contributed by atoms with van der Waals surface area (Å²) >= 11 is 0. The Hall–Kier alpha value is -2.32. The number of methoxy groups -OCH3 is 2. The van der Waals surface area contributed by atoms with Crippen molar-refractivity contribution >= 4 is 11.8 Å². The Morgan fingerprint density at radius 1 is 1.21 bits per heavy atom. The zero-order chi connectivity index (χ0) is 20.8. The van der Waals surface area contributed by atoms with E-state index in [-0.39, 0.29) is 30.3 Å². The largest absolute Gasteiger partial charge is 0.493 e. The van der Waals surface area contributed by atoms with Crippen LogP contribution in [-0.4, -0.2) is 63.7 Å². The van der Waals surface area contributed by atoms with Crippen LogP contribution in [0.1, 0.15) is 31.0 Å². The summed E-state index contributed by atoms with van der Waals surface area (Å²) in [5.41, 5.74) is 8.08. The van der Waals surface area contributed by atoms with Crippen LogP contribution < -0.4 is 25.8 Å². The first-order chi connectivity index (χ1) is 13.3. The highest BCUT2D eigenvalue weighted by atomic mass is 16.5. The summed E-state index contributed by atoms with van der Waals surface area (Å²) in [5, 5.41) is 5.49. The smallest absolute Gasteiger partial charge is 0.239 e. The minimum atomic E-state index is -0.619. The van der Waals surface area contributed by atoms with Crippen LogP contribution in [0.2, 0.25) is 0 Å². The van der Waals surface area contributed by atoms with Crippen molar-refractivity contribution in [3.63, 3.8) is 0 Å². The summed E-state index contributed by atoms with van der Waals surface area (Å²) in [6.07, 6.45) is 0.903. The summed E-state index contributed by atoms with van der Waals surface area (Å²) in [5.74, 6) is 0.829. The number of carbonyl (C=O) groups excluding carboxylic acids is 2. The molecule has 8 nitrogen and oxygen atoms in total. The van der Waals surface area contributed by atoms with E-state index in [1.54, 1.807) is 14.2 Å². The van der Waals surface area contributed by atoms with Gasteiger partial charge in [-0.05, 0) is 42.6 Å². The van der Waals surface area contributed by atoms with E-state index in [9.17, 15) is 9.59 Å². The molecule has 0 saturated heterocycles. The fourth-order valence-corrected chi connectivity index (χ4v) is 3.28. The maximum absolute atomic E-state index is 12.2. The second-order valence-corrected chi connectivity index (χ2v) is 7.44. The minimum absolute atomic E-state index is 0.0149. The number of carbonyl (C=O) groups is 2. The zero-order valence-corrected chi connectivity index (χ0v) is 17.4. The van der Waals surface area contributed by atoms with Gasteiger partial charge in [-0.3, -0.25) is 14.5 Å². The van der Waals surface area contributed by atoms with Gasteiger partial charge in [-0.1, -0.05) is 13.8 Å². The van der Waals surface area contributed by atoms with Gasteiger partial charge in [0.2, 0.25) is 11.8 Å². The second kappa shape index (κ2) is 9.75. The molecule has 1 aromatic carbocycles. The van der Waals surface area contributed by atoms with Crippen LogP contribution in [0.5, 0.6) is 11.5 Å². The average Bonchev–Trinajstić information content (AvgIpc) is 2.69. The van der Waals surface area contributed by atoms with E-state index in [4.69, 9.17) is 15.2 Å². The van der Waals surface area contributed by atoms with Gasteiger partial charge in [0.15, 0.2) is 11.5 Å². The lowest BCUT2D eigenvalue weighted by Gasteiger charge is -2.35. The Morgan fingerprint density at radius 2 is 1.86 bits per heavy atom. The Morgan fingerprint density at radius 3 is 2.46 bits per heavy atom. The molecular formula is C20H32N4O4. The molecule has 156 valence electrons. The second-order valence-electron chi connectivity index (χ2n) is 7.44. The molecule has 0 radical (unpaired) electrons. The Balaban J connectivity index is 2.01. The quantitative estimate of drug-likeness (QED) is 0.593. The Bertz CT molecular complexity index is 708. The first kappa shape index (κ1) is 22.0. The normalized spacial score (nSPS) is 17.6. The highest BCUT2D eigenvalue weighted by Crippen LogP contribution is 2.37. The standard InChI is InChI=1S/C20H32N4O4/c1-12(2)19(21)20(26)23-11-18(25)22-10-15-14-9-17(28-5)16(27-4)8-13(14)6-7-24(15)3/h8-9,12,15,19H,6-7,10-11,21H2,1-5H3,(H,22,25)(H,23,26)/t15-,19-/m0/s1. The first-order valence-corrected chi connectivity index (χ1v) is 9.53. The fourth-order valence-electron chi connectivity index (χ4n) is 3.28. The van der Waals surface area contributed by atoms with Gasteiger partial charge in [0.25, 0.3) is 0 Å². The molecule has 0 saturated carbocycles. The number of hydrogen-bond acceptors (Lipinski definition) is 6. The Labute approximate surface area is 166 Å². The van der Waals surface area contributed by atoms with Gasteiger partial charge in [0.05, 0.1) is 32.8 Å². The average molecular weight is 393 g/mol. The van der Waals surface area contributed by atoms with Crippen LogP contribution in [0.3, 0.4) is 0 Å². The molecule has 1 aromatic rings. The number of fused-ring (bicyclic) bond motifs is 1. The number of nitrogens with one attached hydrogen (secondary N) is 2. The lowest BCUT2D eigenvalue weighted by Crippen LogP contribution is -2.48.